The first-order valence-corrected chi connectivity index (χ1v) is 6.97. The maximum absolute atomic E-state index is 12.5. The third-order valence-electron chi connectivity index (χ3n) is 4.35. The van der Waals surface area contributed by atoms with E-state index in [1.54, 1.807) is 0 Å². The summed E-state index contributed by atoms with van der Waals surface area (Å²) >= 11 is 0. The molecule has 3 heterocycles. The molecule has 1 amide bonds. The number of carbonyl (C=O) groups is 1. The molecule has 1 N–H and O–H groups in total. The second kappa shape index (κ2) is 4.89. The number of nitrogens with zero attached hydrogens (tertiary/aromatic N) is 2. The number of aromatic nitrogens is 1. The lowest BCUT2D eigenvalue weighted by Gasteiger charge is -2.39. The summed E-state index contributed by atoms with van der Waals surface area (Å²) in [5.74, 6) is 0.556. The molecule has 3 rings (SSSR count). The van der Waals surface area contributed by atoms with Crippen molar-refractivity contribution in [2.24, 2.45) is 5.41 Å². The smallest absolute Gasteiger partial charge is 0.356 e. The molecule has 0 bridgehead atoms. The van der Waals surface area contributed by atoms with Crippen LogP contribution in [0.25, 0.3) is 0 Å². The van der Waals surface area contributed by atoms with Gasteiger partial charge in [0.15, 0.2) is 0 Å². The second-order valence-corrected chi connectivity index (χ2v) is 5.71. The molecule has 2 fully saturated rings. The molecule has 1 aromatic rings. The van der Waals surface area contributed by atoms with Gasteiger partial charge in [-0.3, -0.25) is 4.79 Å². The standard InChI is InChI=1S/C14H16F3N3O/c15-14(16,17)10-2-3-11(19-8-10)20-7-1-4-13(9-20)5-6-18-12(13)21/h2-3,8H,1,4-7,9H2,(H,18,21). The van der Waals surface area contributed by atoms with Crippen molar-refractivity contribution in [1.82, 2.24) is 10.3 Å². The molecule has 1 spiro atoms. The van der Waals surface area contributed by atoms with Gasteiger partial charge in [0, 0.05) is 25.8 Å². The van der Waals surface area contributed by atoms with E-state index in [0.29, 0.717) is 25.5 Å². The summed E-state index contributed by atoms with van der Waals surface area (Å²) in [5, 5.41) is 2.85. The summed E-state index contributed by atoms with van der Waals surface area (Å²) in [6.07, 6.45) is -1.07. The molecule has 4 nitrogen and oxygen atoms in total. The predicted octanol–water partition coefficient (Wildman–Crippen LogP) is 2.21. The molecule has 0 aliphatic carbocycles. The summed E-state index contributed by atoms with van der Waals surface area (Å²) in [6, 6.07) is 2.42. The first-order valence-electron chi connectivity index (χ1n) is 6.97. The van der Waals surface area contributed by atoms with Crippen LogP contribution < -0.4 is 10.2 Å². The largest absolute Gasteiger partial charge is 0.417 e. The molecule has 0 saturated carbocycles. The Morgan fingerprint density at radius 2 is 2.10 bits per heavy atom. The Kier molecular flexibility index (Phi) is 3.30. The van der Waals surface area contributed by atoms with Crippen LogP contribution in [0.15, 0.2) is 18.3 Å². The minimum Gasteiger partial charge on any atom is -0.356 e. The Morgan fingerprint density at radius 3 is 2.67 bits per heavy atom. The predicted molar refractivity (Wildman–Crippen MR) is 70.7 cm³/mol. The summed E-state index contributed by atoms with van der Waals surface area (Å²) < 4.78 is 37.6. The molecule has 21 heavy (non-hydrogen) atoms. The number of pyridine rings is 1. The van der Waals surface area contributed by atoms with Crippen molar-refractivity contribution in [3.05, 3.63) is 23.9 Å². The molecule has 0 aromatic carbocycles. The Hall–Kier alpha value is -1.79. The van der Waals surface area contributed by atoms with Gasteiger partial charge in [0.1, 0.15) is 5.82 Å². The highest BCUT2D eigenvalue weighted by atomic mass is 19.4. The van der Waals surface area contributed by atoms with Gasteiger partial charge < -0.3 is 10.2 Å². The lowest BCUT2D eigenvalue weighted by Crippen LogP contribution is -2.47. The molecular formula is C14H16F3N3O. The average molecular weight is 299 g/mol. The fraction of sp³-hybridized carbons (Fsp3) is 0.571. The van der Waals surface area contributed by atoms with Crippen molar-refractivity contribution in [3.8, 4) is 0 Å². The number of hydrogen-bond donors (Lipinski definition) is 1. The molecule has 1 aromatic heterocycles. The van der Waals surface area contributed by atoms with Gasteiger partial charge in [-0.05, 0) is 31.4 Å². The number of anilines is 1. The highest BCUT2D eigenvalue weighted by Crippen LogP contribution is 2.38. The van der Waals surface area contributed by atoms with E-state index in [9.17, 15) is 18.0 Å². The fourth-order valence-corrected chi connectivity index (χ4v) is 3.17. The number of piperidine rings is 1. The zero-order valence-corrected chi connectivity index (χ0v) is 11.4. The Bertz CT molecular complexity index is 543. The maximum Gasteiger partial charge on any atom is 0.417 e. The average Bonchev–Trinajstić information content (AvgIpc) is 2.79. The minimum absolute atomic E-state index is 0.0547. The van der Waals surface area contributed by atoms with Crippen LogP contribution in [0, 0.1) is 5.41 Å². The second-order valence-electron chi connectivity index (χ2n) is 5.71. The summed E-state index contributed by atoms with van der Waals surface area (Å²) in [4.78, 5) is 17.8. The van der Waals surface area contributed by atoms with Gasteiger partial charge in [-0.15, -0.1) is 0 Å². The van der Waals surface area contributed by atoms with E-state index in [4.69, 9.17) is 0 Å². The van der Waals surface area contributed by atoms with Crippen molar-refractivity contribution >= 4 is 11.7 Å². The summed E-state index contributed by atoms with van der Waals surface area (Å²) in [6.45, 7) is 1.91. The summed E-state index contributed by atoms with van der Waals surface area (Å²) in [7, 11) is 0. The topological polar surface area (TPSA) is 45.2 Å². The number of halogens is 3. The third-order valence-corrected chi connectivity index (χ3v) is 4.35. The Morgan fingerprint density at radius 1 is 1.29 bits per heavy atom. The number of alkyl halides is 3. The van der Waals surface area contributed by atoms with Crippen molar-refractivity contribution in [3.63, 3.8) is 0 Å². The van der Waals surface area contributed by atoms with Crippen LogP contribution in [0.5, 0.6) is 0 Å². The van der Waals surface area contributed by atoms with Gasteiger partial charge >= 0.3 is 6.18 Å². The van der Waals surface area contributed by atoms with E-state index in [0.717, 1.165) is 31.5 Å². The minimum atomic E-state index is -4.38. The van der Waals surface area contributed by atoms with Gasteiger partial charge in [0.2, 0.25) is 5.91 Å². The number of carbonyl (C=O) groups excluding carboxylic acids is 1. The summed E-state index contributed by atoms with van der Waals surface area (Å²) in [5.41, 5.74) is -1.15. The highest BCUT2D eigenvalue weighted by Gasteiger charge is 2.45. The lowest BCUT2D eigenvalue weighted by molar-refractivity contribution is -0.137. The molecule has 114 valence electrons. The third kappa shape index (κ3) is 2.56. The molecule has 7 heteroatoms. The Labute approximate surface area is 120 Å². The van der Waals surface area contributed by atoms with Crippen LogP contribution in [0.4, 0.5) is 19.0 Å². The molecule has 2 aliphatic rings. The van der Waals surface area contributed by atoms with E-state index >= 15 is 0 Å². The normalized spacial score (nSPS) is 26.2. The Balaban J connectivity index is 1.79. The molecule has 2 saturated heterocycles. The van der Waals surface area contributed by atoms with Gasteiger partial charge in [0.05, 0.1) is 11.0 Å². The van der Waals surface area contributed by atoms with E-state index in [1.807, 2.05) is 4.90 Å². The molecule has 1 unspecified atom stereocenters. The van der Waals surface area contributed by atoms with Crippen LogP contribution in [0.1, 0.15) is 24.8 Å². The van der Waals surface area contributed by atoms with Crippen LogP contribution in [0.2, 0.25) is 0 Å². The molecular weight excluding hydrogens is 283 g/mol. The van der Waals surface area contributed by atoms with Crippen LogP contribution in [-0.2, 0) is 11.0 Å². The highest BCUT2D eigenvalue weighted by molar-refractivity contribution is 5.85. The lowest BCUT2D eigenvalue weighted by atomic mass is 9.78. The van der Waals surface area contributed by atoms with Gasteiger partial charge in [-0.2, -0.15) is 13.2 Å². The zero-order chi connectivity index (χ0) is 15.1. The van der Waals surface area contributed by atoms with Gasteiger partial charge in [-0.1, -0.05) is 0 Å². The van der Waals surface area contributed by atoms with E-state index < -0.39 is 17.2 Å². The number of nitrogens with one attached hydrogen (secondary N) is 1. The van der Waals surface area contributed by atoms with Crippen molar-refractivity contribution in [2.45, 2.75) is 25.4 Å². The van der Waals surface area contributed by atoms with Crippen LogP contribution in [0.3, 0.4) is 0 Å². The number of rotatable bonds is 1. The maximum atomic E-state index is 12.5. The van der Waals surface area contributed by atoms with Crippen molar-refractivity contribution < 1.29 is 18.0 Å². The van der Waals surface area contributed by atoms with Gasteiger partial charge in [0.25, 0.3) is 0 Å². The van der Waals surface area contributed by atoms with E-state index in [1.165, 1.54) is 6.07 Å². The van der Waals surface area contributed by atoms with Gasteiger partial charge in [-0.25, -0.2) is 4.98 Å². The zero-order valence-electron chi connectivity index (χ0n) is 11.4. The fourth-order valence-electron chi connectivity index (χ4n) is 3.17. The molecule has 0 radical (unpaired) electrons. The molecule has 1 atom stereocenters. The quantitative estimate of drug-likeness (QED) is 0.865. The first kappa shape index (κ1) is 14.2. The number of amides is 1. The molecule has 2 aliphatic heterocycles. The van der Waals surface area contributed by atoms with Crippen LogP contribution in [-0.4, -0.2) is 30.5 Å². The monoisotopic (exact) mass is 299 g/mol. The van der Waals surface area contributed by atoms with E-state index in [2.05, 4.69) is 10.3 Å². The van der Waals surface area contributed by atoms with Crippen LogP contribution >= 0.6 is 0 Å². The SMILES string of the molecule is O=C1NCCC12CCCN(c1ccc(C(F)(F)F)cn1)C2. The first-order chi connectivity index (χ1) is 9.91. The van der Waals surface area contributed by atoms with Crippen molar-refractivity contribution in [2.75, 3.05) is 24.5 Å². The van der Waals surface area contributed by atoms with E-state index in [-0.39, 0.29) is 5.91 Å². The van der Waals surface area contributed by atoms with Crippen molar-refractivity contribution in [1.29, 1.82) is 0 Å². The number of hydrogen-bond acceptors (Lipinski definition) is 3.